The molecule has 1 fully saturated rings. The van der Waals surface area contributed by atoms with E-state index in [2.05, 4.69) is 35.3 Å². The molecule has 0 atom stereocenters. The van der Waals surface area contributed by atoms with Gasteiger partial charge >= 0.3 is 0 Å². The van der Waals surface area contributed by atoms with Gasteiger partial charge in [-0.15, -0.1) is 0 Å². The van der Waals surface area contributed by atoms with Crippen LogP contribution in [0, 0.1) is 13.8 Å². The van der Waals surface area contributed by atoms with Crippen LogP contribution in [0.25, 0.3) is 0 Å². The van der Waals surface area contributed by atoms with Crippen molar-refractivity contribution in [3.63, 3.8) is 0 Å². The van der Waals surface area contributed by atoms with Gasteiger partial charge in [0, 0.05) is 38.3 Å². The van der Waals surface area contributed by atoms with E-state index in [9.17, 15) is 8.42 Å². The highest BCUT2D eigenvalue weighted by Gasteiger charge is 2.31. The molecule has 1 aliphatic rings. The Kier molecular flexibility index (Phi) is 6.71. The average molecular weight is 384 g/mol. The molecular weight excluding hydrogens is 350 g/mol. The minimum Gasteiger partial charge on any atom is -0.496 e. The van der Waals surface area contributed by atoms with Crippen molar-refractivity contribution in [2.24, 2.45) is 0 Å². The Labute approximate surface area is 158 Å². The molecule has 0 unspecified atom stereocenters. The number of methoxy groups -OCH3 is 1. The Morgan fingerprint density at radius 2 is 1.73 bits per heavy atom. The fraction of sp³-hybridized carbons (Fsp3) is 0.684. The zero-order valence-electron chi connectivity index (χ0n) is 16.9. The molecule has 0 spiro atoms. The second kappa shape index (κ2) is 8.25. The number of nitrogens with zero attached hydrogens (tertiary/aromatic N) is 2. The number of nitrogens with one attached hydrogen (secondary N) is 1. The first-order chi connectivity index (χ1) is 12.1. The largest absolute Gasteiger partial charge is 0.496 e. The van der Waals surface area contributed by atoms with Crippen LogP contribution in [0.5, 0.6) is 5.75 Å². The summed E-state index contributed by atoms with van der Waals surface area (Å²) in [4.78, 5) is 5.11. The average Bonchev–Trinajstić information content (AvgIpc) is 2.61. The second-order valence-electron chi connectivity index (χ2n) is 7.65. The maximum atomic E-state index is 12.9. The third-order valence-corrected chi connectivity index (χ3v) is 6.90. The quantitative estimate of drug-likeness (QED) is 0.780. The summed E-state index contributed by atoms with van der Waals surface area (Å²) < 4.78 is 33.8. The Morgan fingerprint density at radius 3 is 2.27 bits per heavy atom. The molecule has 0 aromatic heterocycles. The first-order valence-corrected chi connectivity index (χ1v) is 10.7. The molecule has 0 bridgehead atoms. The van der Waals surface area contributed by atoms with E-state index in [1.165, 1.54) is 0 Å². The fourth-order valence-electron chi connectivity index (χ4n) is 3.40. The van der Waals surface area contributed by atoms with E-state index >= 15 is 0 Å². The molecule has 6 nitrogen and oxygen atoms in total. The monoisotopic (exact) mass is 383 g/mol. The molecule has 1 aromatic carbocycles. The van der Waals surface area contributed by atoms with Crippen LogP contribution in [-0.4, -0.2) is 70.1 Å². The van der Waals surface area contributed by atoms with Gasteiger partial charge in [0.25, 0.3) is 0 Å². The van der Waals surface area contributed by atoms with Gasteiger partial charge in [0.15, 0.2) is 0 Å². The number of rotatable bonds is 7. The lowest BCUT2D eigenvalue weighted by atomic mass is 10.0. The van der Waals surface area contributed by atoms with Gasteiger partial charge in [-0.3, -0.25) is 4.90 Å². The first-order valence-electron chi connectivity index (χ1n) is 9.23. The van der Waals surface area contributed by atoms with Gasteiger partial charge in [-0.05, 0) is 57.5 Å². The van der Waals surface area contributed by atoms with Gasteiger partial charge in [-0.1, -0.05) is 6.92 Å². The van der Waals surface area contributed by atoms with E-state index in [4.69, 9.17) is 4.74 Å². The first kappa shape index (κ1) is 21.2. The Hall–Kier alpha value is -1.15. The van der Waals surface area contributed by atoms with Crippen molar-refractivity contribution in [2.75, 3.05) is 46.4 Å². The van der Waals surface area contributed by atoms with Crippen molar-refractivity contribution in [1.29, 1.82) is 0 Å². The SMILES string of the molecule is CCN1CCN(C(C)(C)CNS(=O)(=O)c2cc(C)c(OC)cc2C)CC1. The minimum atomic E-state index is -3.57. The van der Waals surface area contributed by atoms with Crippen LogP contribution in [-0.2, 0) is 10.0 Å². The van der Waals surface area contributed by atoms with Crippen molar-refractivity contribution < 1.29 is 13.2 Å². The van der Waals surface area contributed by atoms with Gasteiger partial charge in [-0.25, -0.2) is 13.1 Å². The lowest BCUT2D eigenvalue weighted by Crippen LogP contribution is -2.58. The fourth-order valence-corrected chi connectivity index (χ4v) is 4.92. The zero-order valence-corrected chi connectivity index (χ0v) is 17.7. The summed E-state index contributed by atoms with van der Waals surface area (Å²) in [7, 11) is -1.98. The molecule has 7 heteroatoms. The number of hydrogen-bond acceptors (Lipinski definition) is 5. The predicted octanol–water partition coefficient (Wildman–Crippen LogP) is 2.01. The Bertz CT molecular complexity index is 724. The molecule has 1 saturated heterocycles. The van der Waals surface area contributed by atoms with Gasteiger partial charge < -0.3 is 9.64 Å². The molecule has 1 aliphatic heterocycles. The maximum Gasteiger partial charge on any atom is 0.240 e. The summed E-state index contributed by atoms with van der Waals surface area (Å²) in [5, 5.41) is 0. The number of likely N-dealkylation sites (N-methyl/N-ethyl adjacent to an activating group) is 1. The summed E-state index contributed by atoms with van der Waals surface area (Å²) in [5.41, 5.74) is 1.27. The van der Waals surface area contributed by atoms with E-state index in [0.717, 1.165) is 38.3 Å². The highest BCUT2D eigenvalue weighted by Crippen LogP contribution is 2.26. The third kappa shape index (κ3) is 4.76. The molecule has 0 amide bonds. The van der Waals surface area contributed by atoms with Crippen LogP contribution in [0.3, 0.4) is 0 Å². The highest BCUT2D eigenvalue weighted by molar-refractivity contribution is 7.89. The standard InChI is InChI=1S/C19H33N3O3S/c1-7-21-8-10-22(11-9-21)19(4,5)14-20-26(23,24)18-13-15(2)17(25-6)12-16(18)3/h12-13,20H,7-11,14H2,1-6H3. The molecular formula is C19H33N3O3S. The predicted molar refractivity (Wildman–Crippen MR) is 105 cm³/mol. The molecule has 0 radical (unpaired) electrons. The zero-order chi connectivity index (χ0) is 19.5. The molecule has 0 aliphatic carbocycles. The van der Waals surface area contributed by atoms with Crippen molar-refractivity contribution in [2.45, 2.75) is 45.1 Å². The number of benzene rings is 1. The van der Waals surface area contributed by atoms with Crippen LogP contribution in [0.15, 0.2) is 17.0 Å². The van der Waals surface area contributed by atoms with Crippen LogP contribution < -0.4 is 9.46 Å². The van der Waals surface area contributed by atoms with E-state index in [-0.39, 0.29) is 5.54 Å². The van der Waals surface area contributed by atoms with Crippen LogP contribution in [0.2, 0.25) is 0 Å². The summed E-state index contributed by atoms with van der Waals surface area (Å²) in [6.45, 7) is 15.5. The maximum absolute atomic E-state index is 12.9. The minimum absolute atomic E-state index is 0.234. The molecule has 0 saturated carbocycles. The van der Waals surface area contributed by atoms with Gasteiger partial charge in [0.1, 0.15) is 5.75 Å². The van der Waals surface area contributed by atoms with Crippen LogP contribution in [0.4, 0.5) is 0 Å². The summed E-state index contributed by atoms with van der Waals surface area (Å²) in [5.74, 6) is 0.704. The van der Waals surface area contributed by atoms with E-state index in [0.29, 0.717) is 22.8 Å². The number of sulfonamides is 1. The highest BCUT2D eigenvalue weighted by atomic mass is 32.2. The summed E-state index contributed by atoms with van der Waals surface area (Å²) in [6.07, 6.45) is 0. The van der Waals surface area contributed by atoms with E-state index < -0.39 is 10.0 Å². The van der Waals surface area contributed by atoms with E-state index in [1.54, 1.807) is 26.2 Å². The van der Waals surface area contributed by atoms with E-state index in [1.807, 2.05) is 6.92 Å². The number of ether oxygens (including phenoxy) is 1. The number of piperazine rings is 1. The normalized spacial score (nSPS) is 17.5. The van der Waals surface area contributed by atoms with Crippen molar-refractivity contribution in [1.82, 2.24) is 14.5 Å². The molecule has 1 N–H and O–H groups in total. The molecule has 148 valence electrons. The van der Waals surface area contributed by atoms with Gasteiger partial charge in [0.05, 0.1) is 12.0 Å². The number of aryl methyl sites for hydroxylation is 2. The third-order valence-electron chi connectivity index (χ3n) is 5.35. The smallest absolute Gasteiger partial charge is 0.240 e. The molecule has 2 rings (SSSR count). The summed E-state index contributed by atoms with van der Waals surface area (Å²) >= 11 is 0. The summed E-state index contributed by atoms with van der Waals surface area (Å²) in [6, 6.07) is 3.46. The lowest BCUT2D eigenvalue weighted by Gasteiger charge is -2.44. The Morgan fingerprint density at radius 1 is 1.12 bits per heavy atom. The second-order valence-corrected chi connectivity index (χ2v) is 9.38. The van der Waals surface area contributed by atoms with Crippen LogP contribution in [0.1, 0.15) is 31.9 Å². The van der Waals surface area contributed by atoms with Crippen molar-refractivity contribution in [3.8, 4) is 5.75 Å². The molecule has 1 heterocycles. The van der Waals surface area contributed by atoms with Crippen molar-refractivity contribution >= 4 is 10.0 Å². The van der Waals surface area contributed by atoms with Crippen LogP contribution >= 0.6 is 0 Å². The topological polar surface area (TPSA) is 61.9 Å². The molecule has 26 heavy (non-hydrogen) atoms. The number of hydrogen-bond donors (Lipinski definition) is 1. The van der Waals surface area contributed by atoms with Crippen molar-refractivity contribution in [3.05, 3.63) is 23.3 Å². The Balaban J connectivity index is 2.09. The van der Waals surface area contributed by atoms with Gasteiger partial charge in [0.2, 0.25) is 10.0 Å². The molecule has 1 aromatic rings. The lowest BCUT2D eigenvalue weighted by molar-refractivity contribution is 0.0571. The van der Waals surface area contributed by atoms with Gasteiger partial charge in [-0.2, -0.15) is 0 Å².